The number of para-hydroxylation sites is 2. The quantitative estimate of drug-likeness (QED) is 0.444. The van der Waals surface area contributed by atoms with Crippen LogP contribution in [0.4, 0.5) is 5.69 Å². The minimum atomic E-state index is -0.950. The predicted octanol–water partition coefficient (Wildman–Crippen LogP) is 2.49. The molecule has 0 saturated heterocycles. The number of aryl methyl sites for hydroxylation is 1. The topological polar surface area (TPSA) is 90.5 Å². The minimum Gasteiger partial charge on any atom is -0.595 e. The molecule has 1 aliphatic carbocycles. The monoisotopic (exact) mass is 391 g/mol. The van der Waals surface area contributed by atoms with E-state index in [0.29, 0.717) is 5.69 Å². The van der Waals surface area contributed by atoms with Crippen molar-refractivity contribution in [3.05, 3.63) is 88.7 Å². The zero-order valence-electron chi connectivity index (χ0n) is 16.5. The molecule has 0 spiro atoms. The number of rotatable bonds is 6. The number of allylic oxidation sites excluding steroid dienone is 1. The van der Waals surface area contributed by atoms with Crippen molar-refractivity contribution in [3.63, 3.8) is 0 Å². The van der Waals surface area contributed by atoms with Crippen molar-refractivity contribution >= 4 is 5.69 Å². The van der Waals surface area contributed by atoms with Crippen LogP contribution in [0.5, 0.6) is 0 Å². The van der Waals surface area contributed by atoms with Gasteiger partial charge in [0.05, 0.1) is 11.4 Å². The predicted molar refractivity (Wildman–Crippen MR) is 110 cm³/mol. The SMILES string of the molecule is Cc1nn(-c2ccccc2[NH+]([O-])O)c(C)c1[C@H]1C=C[C@@H](NCc2ccccn2)C1. The largest absolute Gasteiger partial charge is 0.595 e. The Bertz CT molecular complexity index is 1010. The Morgan fingerprint density at radius 1 is 1.17 bits per heavy atom. The van der Waals surface area contributed by atoms with Gasteiger partial charge in [0.25, 0.3) is 0 Å². The maximum atomic E-state index is 11.6. The van der Waals surface area contributed by atoms with E-state index >= 15 is 0 Å². The van der Waals surface area contributed by atoms with Gasteiger partial charge in [0.15, 0.2) is 5.69 Å². The molecule has 3 N–H and O–H groups in total. The molecule has 2 heterocycles. The lowest BCUT2D eigenvalue weighted by Gasteiger charge is -2.17. The van der Waals surface area contributed by atoms with Crippen LogP contribution in [-0.2, 0) is 6.54 Å². The highest BCUT2D eigenvalue weighted by Gasteiger charge is 2.27. The lowest BCUT2D eigenvalue weighted by molar-refractivity contribution is -0.991. The van der Waals surface area contributed by atoms with Crippen LogP contribution in [-0.4, -0.2) is 26.0 Å². The maximum absolute atomic E-state index is 11.6. The molecule has 7 heteroatoms. The number of hydrogen-bond acceptors (Lipinski definition) is 5. The molecule has 0 bridgehead atoms. The summed E-state index contributed by atoms with van der Waals surface area (Å²) in [6, 6.07) is 13.2. The molecule has 3 atom stereocenters. The van der Waals surface area contributed by atoms with Crippen molar-refractivity contribution in [1.82, 2.24) is 20.1 Å². The van der Waals surface area contributed by atoms with Gasteiger partial charge in [-0.1, -0.05) is 30.4 Å². The molecule has 150 valence electrons. The zero-order chi connectivity index (χ0) is 20.4. The van der Waals surface area contributed by atoms with E-state index in [9.17, 15) is 10.4 Å². The van der Waals surface area contributed by atoms with Crippen LogP contribution in [0.3, 0.4) is 0 Å². The van der Waals surface area contributed by atoms with Crippen molar-refractivity contribution in [3.8, 4) is 5.69 Å². The Morgan fingerprint density at radius 3 is 2.72 bits per heavy atom. The summed E-state index contributed by atoms with van der Waals surface area (Å²) >= 11 is 0. The summed E-state index contributed by atoms with van der Waals surface area (Å²) in [5.41, 5.74) is 4.96. The lowest BCUT2D eigenvalue weighted by atomic mass is 9.96. The van der Waals surface area contributed by atoms with Gasteiger partial charge in [-0.3, -0.25) is 4.98 Å². The first kappa shape index (κ1) is 19.5. The van der Waals surface area contributed by atoms with E-state index in [-0.39, 0.29) is 17.6 Å². The van der Waals surface area contributed by atoms with Gasteiger partial charge in [-0.25, -0.2) is 9.89 Å². The van der Waals surface area contributed by atoms with E-state index in [1.807, 2.05) is 38.1 Å². The molecular weight excluding hydrogens is 366 g/mol. The molecular formula is C22H25N5O2. The summed E-state index contributed by atoms with van der Waals surface area (Å²) in [6.45, 7) is 4.73. The number of aromatic nitrogens is 3. The Balaban J connectivity index is 1.53. The lowest BCUT2D eigenvalue weighted by Crippen LogP contribution is -2.99. The third-order valence-corrected chi connectivity index (χ3v) is 5.44. The van der Waals surface area contributed by atoms with Crippen LogP contribution in [0.15, 0.2) is 60.8 Å². The molecule has 0 saturated carbocycles. The maximum Gasteiger partial charge on any atom is 0.189 e. The van der Waals surface area contributed by atoms with E-state index in [1.54, 1.807) is 29.1 Å². The normalized spacial score (nSPS) is 19.6. The number of hydrogen-bond donors (Lipinski definition) is 3. The summed E-state index contributed by atoms with van der Waals surface area (Å²) in [6.07, 6.45) is 7.18. The third kappa shape index (κ3) is 3.99. The highest BCUT2D eigenvalue weighted by molar-refractivity contribution is 5.53. The van der Waals surface area contributed by atoms with E-state index in [4.69, 9.17) is 0 Å². The first-order chi connectivity index (χ1) is 14.0. The van der Waals surface area contributed by atoms with Gasteiger partial charge in [0.1, 0.15) is 5.69 Å². The third-order valence-electron chi connectivity index (χ3n) is 5.44. The molecule has 0 aliphatic heterocycles. The first-order valence-electron chi connectivity index (χ1n) is 9.75. The Labute approximate surface area is 169 Å². The van der Waals surface area contributed by atoms with Crippen molar-refractivity contribution in [2.75, 3.05) is 0 Å². The molecule has 1 aliphatic rings. The van der Waals surface area contributed by atoms with Crippen LogP contribution in [0.1, 0.15) is 35.0 Å². The smallest absolute Gasteiger partial charge is 0.189 e. The van der Waals surface area contributed by atoms with Gasteiger partial charge >= 0.3 is 0 Å². The molecule has 0 fully saturated rings. The first-order valence-corrected chi connectivity index (χ1v) is 9.75. The Kier molecular flexibility index (Phi) is 5.55. The fraction of sp³-hybridized carbons (Fsp3) is 0.273. The average Bonchev–Trinajstić information content (AvgIpc) is 3.30. The standard InChI is InChI=1S/C22H25N5O2/c1-15-22(16(2)26(25-15)20-8-3-4-9-21(20)27(28)29)17-10-11-18(13-17)24-14-19-7-5-6-12-23-19/h3-12,17-18,24,27-28H,13-14H2,1-2H3/t17-,18+/m0/s1. The van der Waals surface area contributed by atoms with Crippen LogP contribution >= 0.6 is 0 Å². The molecule has 2 aromatic heterocycles. The highest BCUT2D eigenvalue weighted by Crippen LogP contribution is 2.34. The number of quaternary nitrogens is 1. The van der Waals surface area contributed by atoms with E-state index in [0.717, 1.165) is 30.0 Å². The number of nitrogens with zero attached hydrogens (tertiary/aromatic N) is 3. The van der Waals surface area contributed by atoms with Gasteiger partial charge in [-0.15, -0.1) is 0 Å². The fourth-order valence-electron chi connectivity index (χ4n) is 4.07. The summed E-state index contributed by atoms with van der Waals surface area (Å²) in [5.74, 6) is 0.252. The van der Waals surface area contributed by atoms with E-state index < -0.39 is 5.23 Å². The summed E-state index contributed by atoms with van der Waals surface area (Å²) < 4.78 is 1.76. The fourth-order valence-corrected chi connectivity index (χ4v) is 4.07. The molecule has 0 amide bonds. The molecule has 1 aromatic carbocycles. The molecule has 0 radical (unpaired) electrons. The summed E-state index contributed by atoms with van der Waals surface area (Å²) in [7, 11) is 0. The molecule has 29 heavy (non-hydrogen) atoms. The van der Waals surface area contributed by atoms with Gasteiger partial charge in [-0.2, -0.15) is 10.3 Å². The summed E-state index contributed by atoms with van der Waals surface area (Å²) in [4.78, 5) is 4.36. The minimum absolute atomic E-state index is 0.251. The number of nitrogens with one attached hydrogen (secondary N) is 2. The van der Waals surface area contributed by atoms with Gasteiger partial charge < -0.3 is 10.5 Å². The second-order valence-corrected chi connectivity index (χ2v) is 7.35. The molecule has 3 aromatic rings. The van der Waals surface area contributed by atoms with Crippen LogP contribution in [0.2, 0.25) is 0 Å². The number of benzene rings is 1. The summed E-state index contributed by atoms with van der Waals surface area (Å²) in [5, 5.41) is 28.4. The second-order valence-electron chi connectivity index (χ2n) is 7.35. The second kappa shape index (κ2) is 8.26. The van der Waals surface area contributed by atoms with Crippen LogP contribution in [0.25, 0.3) is 5.69 Å². The van der Waals surface area contributed by atoms with E-state index in [2.05, 4.69) is 27.6 Å². The van der Waals surface area contributed by atoms with Crippen LogP contribution < -0.4 is 10.5 Å². The highest BCUT2D eigenvalue weighted by atomic mass is 16.8. The number of pyridine rings is 1. The van der Waals surface area contributed by atoms with Crippen molar-refractivity contribution < 1.29 is 10.4 Å². The Morgan fingerprint density at radius 2 is 1.97 bits per heavy atom. The Hall–Kier alpha value is -2.84. The molecule has 4 rings (SSSR count). The van der Waals surface area contributed by atoms with Gasteiger partial charge in [0.2, 0.25) is 0 Å². The zero-order valence-corrected chi connectivity index (χ0v) is 16.5. The van der Waals surface area contributed by atoms with Crippen molar-refractivity contribution in [2.24, 2.45) is 0 Å². The molecule has 1 unspecified atom stereocenters. The van der Waals surface area contributed by atoms with E-state index in [1.165, 1.54) is 5.56 Å². The van der Waals surface area contributed by atoms with Crippen LogP contribution in [0, 0.1) is 19.1 Å². The van der Waals surface area contributed by atoms with Gasteiger partial charge in [0, 0.05) is 42.0 Å². The average molecular weight is 391 g/mol. The van der Waals surface area contributed by atoms with Gasteiger partial charge in [-0.05, 0) is 38.5 Å². The molecule has 7 nitrogen and oxygen atoms in total. The van der Waals surface area contributed by atoms with Crippen molar-refractivity contribution in [2.45, 2.75) is 38.8 Å². The van der Waals surface area contributed by atoms with Crippen molar-refractivity contribution in [1.29, 1.82) is 0 Å².